The van der Waals surface area contributed by atoms with E-state index in [9.17, 15) is 4.79 Å². The van der Waals surface area contributed by atoms with Crippen molar-refractivity contribution in [2.24, 2.45) is 0 Å². The summed E-state index contributed by atoms with van der Waals surface area (Å²) in [6.07, 6.45) is 2.78. The van der Waals surface area contributed by atoms with Gasteiger partial charge in [0, 0.05) is 12.0 Å². The second-order valence-electron chi connectivity index (χ2n) is 3.54. The molecule has 1 fully saturated rings. The number of unbranched alkanes of at least 4 members (excludes halogenated alkanes) is 1. The minimum absolute atomic E-state index is 0.129. The Balaban J connectivity index is 1.72. The van der Waals surface area contributed by atoms with Crippen LogP contribution in [0.15, 0.2) is 30.3 Å². The van der Waals surface area contributed by atoms with Crippen molar-refractivity contribution in [1.82, 2.24) is 0 Å². The first-order valence-electron chi connectivity index (χ1n) is 5.19. The van der Waals surface area contributed by atoms with Gasteiger partial charge < -0.3 is 14.3 Å². The molecule has 1 aromatic carbocycles. The Kier molecular flexibility index (Phi) is 3.48. The van der Waals surface area contributed by atoms with Gasteiger partial charge in [-0.1, -0.05) is 30.3 Å². The van der Waals surface area contributed by atoms with Gasteiger partial charge in [-0.15, -0.1) is 0 Å². The summed E-state index contributed by atoms with van der Waals surface area (Å²) in [4.78, 5) is 10.1. The van der Waals surface area contributed by atoms with E-state index in [-0.39, 0.29) is 12.6 Å². The minimum atomic E-state index is -0.215. The first kappa shape index (κ1) is 10.3. The fourth-order valence-corrected chi connectivity index (χ4v) is 1.56. The summed E-state index contributed by atoms with van der Waals surface area (Å²) in [7, 11) is 0. The zero-order chi connectivity index (χ0) is 10.5. The highest BCUT2D eigenvalue weighted by Crippen LogP contribution is 2.33. The van der Waals surface area contributed by atoms with Crippen molar-refractivity contribution in [3.05, 3.63) is 35.9 Å². The molecule has 0 atom stereocenters. The molecule has 0 radical (unpaired) electrons. The standard InChI is InChI=1S/C12H14O3/c13-9-5-4-8-11-14-12(15-11)10-6-2-1-3-7-10/h1-3,6-7,9,11-12H,4-5,8H2. The molecule has 0 aromatic heterocycles. The fraction of sp³-hybridized carbons (Fsp3) is 0.417. The van der Waals surface area contributed by atoms with Gasteiger partial charge in [0.1, 0.15) is 6.29 Å². The molecule has 1 aromatic rings. The van der Waals surface area contributed by atoms with Crippen LogP contribution in [0.5, 0.6) is 0 Å². The third-order valence-electron chi connectivity index (χ3n) is 2.38. The highest BCUT2D eigenvalue weighted by molar-refractivity contribution is 5.48. The Morgan fingerprint density at radius 2 is 1.93 bits per heavy atom. The number of aldehydes is 1. The van der Waals surface area contributed by atoms with E-state index in [4.69, 9.17) is 9.47 Å². The predicted molar refractivity (Wildman–Crippen MR) is 55.1 cm³/mol. The van der Waals surface area contributed by atoms with Gasteiger partial charge in [0.2, 0.25) is 0 Å². The Hall–Kier alpha value is -1.19. The molecule has 0 N–H and O–H groups in total. The molecule has 3 nitrogen and oxygen atoms in total. The summed E-state index contributed by atoms with van der Waals surface area (Å²) in [6.45, 7) is 0. The average molecular weight is 206 g/mol. The molecule has 3 heteroatoms. The monoisotopic (exact) mass is 206 g/mol. The highest BCUT2D eigenvalue weighted by Gasteiger charge is 2.31. The lowest BCUT2D eigenvalue weighted by molar-refractivity contribution is -0.391. The second-order valence-corrected chi connectivity index (χ2v) is 3.54. The fourth-order valence-electron chi connectivity index (χ4n) is 1.56. The first-order chi connectivity index (χ1) is 7.40. The van der Waals surface area contributed by atoms with E-state index < -0.39 is 0 Å². The Bertz CT molecular complexity index is 304. The van der Waals surface area contributed by atoms with Gasteiger partial charge in [-0.3, -0.25) is 0 Å². The van der Waals surface area contributed by atoms with Crippen LogP contribution in [0.3, 0.4) is 0 Å². The summed E-state index contributed by atoms with van der Waals surface area (Å²) >= 11 is 0. The molecule has 0 aliphatic carbocycles. The summed E-state index contributed by atoms with van der Waals surface area (Å²) in [5, 5.41) is 0. The van der Waals surface area contributed by atoms with Crippen LogP contribution in [-0.2, 0) is 14.3 Å². The maximum absolute atomic E-state index is 10.1. The van der Waals surface area contributed by atoms with Crippen LogP contribution in [0, 0.1) is 0 Å². The van der Waals surface area contributed by atoms with Gasteiger partial charge in [0.15, 0.2) is 12.6 Å². The van der Waals surface area contributed by atoms with E-state index in [1.807, 2.05) is 30.3 Å². The normalized spacial score (nSPS) is 24.5. The van der Waals surface area contributed by atoms with Crippen LogP contribution >= 0.6 is 0 Å². The summed E-state index contributed by atoms with van der Waals surface area (Å²) in [6, 6.07) is 9.84. The largest absolute Gasteiger partial charge is 0.319 e. The Morgan fingerprint density at radius 1 is 1.20 bits per heavy atom. The summed E-state index contributed by atoms with van der Waals surface area (Å²) in [5.74, 6) is 0. The number of hydrogen-bond acceptors (Lipinski definition) is 3. The van der Waals surface area contributed by atoms with Crippen molar-refractivity contribution in [2.45, 2.75) is 31.8 Å². The van der Waals surface area contributed by atoms with Crippen LogP contribution in [0.1, 0.15) is 31.1 Å². The van der Waals surface area contributed by atoms with E-state index in [1.54, 1.807) is 0 Å². The van der Waals surface area contributed by atoms with E-state index in [2.05, 4.69) is 0 Å². The molecule has 1 saturated heterocycles. The molecule has 1 aliphatic heterocycles. The van der Waals surface area contributed by atoms with Crippen LogP contribution in [0.2, 0.25) is 0 Å². The SMILES string of the molecule is O=CCCCC1OC(c2ccccc2)O1. The molecular weight excluding hydrogens is 192 g/mol. The van der Waals surface area contributed by atoms with Crippen molar-refractivity contribution in [3.8, 4) is 0 Å². The van der Waals surface area contributed by atoms with Crippen molar-refractivity contribution < 1.29 is 14.3 Å². The van der Waals surface area contributed by atoms with Crippen molar-refractivity contribution >= 4 is 6.29 Å². The van der Waals surface area contributed by atoms with E-state index in [1.165, 1.54) is 0 Å². The van der Waals surface area contributed by atoms with Crippen LogP contribution < -0.4 is 0 Å². The first-order valence-corrected chi connectivity index (χ1v) is 5.19. The molecule has 0 unspecified atom stereocenters. The predicted octanol–water partition coefficient (Wildman–Crippen LogP) is 2.43. The summed E-state index contributed by atoms with van der Waals surface area (Å²) in [5.41, 5.74) is 1.05. The van der Waals surface area contributed by atoms with Crippen molar-refractivity contribution in [3.63, 3.8) is 0 Å². The highest BCUT2D eigenvalue weighted by atomic mass is 16.9. The quantitative estimate of drug-likeness (QED) is 0.548. The number of rotatable bonds is 5. The van der Waals surface area contributed by atoms with Crippen LogP contribution in [0.25, 0.3) is 0 Å². The number of benzene rings is 1. The second kappa shape index (κ2) is 5.05. The Morgan fingerprint density at radius 3 is 2.60 bits per heavy atom. The third kappa shape index (κ3) is 2.64. The number of ether oxygens (including phenoxy) is 2. The molecule has 80 valence electrons. The zero-order valence-electron chi connectivity index (χ0n) is 8.46. The molecular formula is C12H14O3. The van der Waals surface area contributed by atoms with Gasteiger partial charge >= 0.3 is 0 Å². The third-order valence-corrected chi connectivity index (χ3v) is 2.38. The molecule has 1 aliphatic rings. The molecule has 15 heavy (non-hydrogen) atoms. The molecule has 2 rings (SSSR count). The summed E-state index contributed by atoms with van der Waals surface area (Å²) < 4.78 is 11.1. The van der Waals surface area contributed by atoms with Gasteiger partial charge in [-0.2, -0.15) is 0 Å². The molecule has 1 heterocycles. The molecule has 0 amide bonds. The lowest BCUT2D eigenvalue weighted by Crippen LogP contribution is -2.34. The number of carbonyl (C=O) groups is 1. The molecule has 0 bridgehead atoms. The molecule has 0 saturated carbocycles. The van der Waals surface area contributed by atoms with Crippen molar-refractivity contribution in [1.29, 1.82) is 0 Å². The van der Waals surface area contributed by atoms with E-state index in [0.717, 1.165) is 24.7 Å². The number of carbonyl (C=O) groups excluding carboxylic acids is 1. The molecule has 0 spiro atoms. The lowest BCUT2D eigenvalue weighted by Gasteiger charge is -2.36. The van der Waals surface area contributed by atoms with E-state index >= 15 is 0 Å². The van der Waals surface area contributed by atoms with Gasteiger partial charge in [0.25, 0.3) is 0 Å². The maximum atomic E-state index is 10.1. The van der Waals surface area contributed by atoms with E-state index in [0.29, 0.717) is 6.42 Å². The van der Waals surface area contributed by atoms with Gasteiger partial charge in [0.05, 0.1) is 0 Å². The van der Waals surface area contributed by atoms with Gasteiger partial charge in [-0.25, -0.2) is 0 Å². The topological polar surface area (TPSA) is 35.5 Å². The van der Waals surface area contributed by atoms with Crippen LogP contribution in [-0.4, -0.2) is 12.6 Å². The average Bonchev–Trinajstić information content (AvgIpc) is 2.23. The Labute approximate surface area is 89.0 Å². The number of hydrogen-bond donors (Lipinski definition) is 0. The van der Waals surface area contributed by atoms with Crippen molar-refractivity contribution in [2.75, 3.05) is 0 Å². The smallest absolute Gasteiger partial charge is 0.189 e. The maximum Gasteiger partial charge on any atom is 0.189 e. The zero-order valence-corrected chi connectivity index (χ0v) is 8.46. The minimum Gasteiger partial charge on any atom is -0.319 e. The lowest BCUT2D eigenvalue weighted by atomic mass is 10.2. The van der Waals surface area contributed by atoms with Gasteiger partial charge in [-0.05, 0) is 12.8 Å². The van der Waals surface area contributed by atoms with Crippen LogP contribution in [0.4, 0.5) is 0 Å².